The van der Waals surface area contributed by atoms with Gasteiger partial charge in [-0.15, -0.1) is 11.3 Å². The Labute approximate surface area is 90.6 Å². The molecular weight excluding hydrogens is 212 g/mol. The number of aromatic nitrogens is 2. The first-order valence-electron chi connectivity index (χ1n) is 4.25. The monoisotopic (exact) mass is 220 g/mol. The lowest BCUT2D eigenvalue weighted by Crippen LogP contribution is -1.99. The Morgan fingerprint density at radius 2 is 2.40 bits per heavy atom. The number of carbonyl (C=O) groups is 1. The van der Waals surface area contributed by atoms with Crippen LogP contribution < -0.4 is 0 Å². The van der Waals surface area contributed by atoms with Crippen molar-refractivity contribution >= 4 is 17.3 Å². The molecule has 5 heteroatoms. The molecule has 0 aromatic carbocycles. The van der Waals surface area contributed by atoms with Gasteiger partial charge in [-0.3, -0.25) is 4.98 Å². The molecule has 0 unspecified atom stereocenters. The molecule has 0 bridgehead atoms. The minimum Gasteiger partial charge on any atom is -0.464 e. The van der Waals surface area contributed by atoms with Gasteiger partial charge in [0.1, 0.15) is 0 Å². The van der Waals surface area contributed by atoms with E-state index in [0.717, 1.165) is 11.3 Å². The van der Waals surface area contributed by atoms with Crippen molar-refractivity contribution in [1.82, 2.24) is 9.97 Å². The quantitative estimate of drug-likeness (QED) is 0.726. The molecule has 0 radical (unpaired) electrons. The minimum absolute atomic E-state index is 0.358. The van der Waals surface area contributed by atoms with Crippen molar-refractivity contribution in [2.45, 2.75) is 0 Å². The lowest BCUT2D eigenvalue weighted by Gasteiger charge is -1.93. The predicted molar refractivity (Wildman–Crippen MR) is 56.7 cm³/mol. The van der Waals surface area contributed by atoms with E-state index in [-0.39, 0.29) is 0 Å². The van der Waals surface area contributed by atoms with Crippen molar-refractivity contribution < 1.29 is 9.53 Å². The summed E-state index contributed by atoms with van der Waals surface area (Å²) in [5.74, 6) is -0.407. The second-order valence-electron chi connectivity index (χ2n) is 2.77. The number of methoxy groups -OCH3 is 1. The van der Waals surface area contributed by atoms with Gasteiger partial charge in [0, 0.05) is 23.3 Å². The van der Waals surface area contributed by atoms with Gasteiger partial charge in [-0.1, -0.05) is 0 Å². The molecule has 0 saturated carbocycles. The van der Waals surface area contributed by atoms with Crippen LogP contribution in [0.15, 0.2) is 29.9 Å². The summed E-state index contributed by atoms with van der Waals surface area (Å²) in [5.41, 5.74) is 1.64. The molecule has 0 aliphatic carbocycles. The number of nitrogens with zero attached hydrogens (tertiary/aromatic N) is 2. The molecule has 0 atom stereocenters. The van der Waals surface area contributed by atoms with Crippen molar-refractivity contribution in [3.8, 4) is 11.3 Å². The molecule has 2 aromatic heterocycles. The van der Waals surface area contributed by atoms with E-state index in [1.54, 1.807) is 12.4 Å². The van der Waals surface area contributed by atoms with Gasteiger partial charge in [-0.05, 0) is 12.1 Å². The van der Waals surface area contributed by atoms with Gasteiger partial charge < -0.3 is 4.74 Å². The number of thiazole rings is 1. The summed E-state index contributed by atoms with van der Waals surface area (Å²) in [4.78, 5) is 19.3. The zero-order chi connectivity index (χ0) is 10.7. The van der Waals surface area contributed by atoms with E-state index in [4.69, 9.17) is 0 Å². The smallest absolute Gasteiger partial charge is 0.367 e. The average molecular weight is 220 g/mol. The zero-order valence-corrected chi connectivity index (χ0v) is 8.82. The zero-order valence-electron chi connectivity index (χ0n) is 8.01. The van der Waals surface area contributed by atoms with Crippen LogP contribution in [-0.4, -0.2) is 23.0 Å². The second kappa shape index (κ2) is 4.18. The van der Waals surface area contributed by atoms with Crippen LogP contribution in [-0.2, 0) is 4.74 Å². The fraction of sp³-hybridized carbons (Fsp3) is 0.100. The highest BCUT2D eigenvalue weighted by Gasteiger charge is 2.11. The molecule has 0 aliphatic heterocycles. The first-order chi connectivity index (χ1) is 7.31. The Bertz CT molecular complexity index is 467. The molecule has 0 spiro atoms. The van der Waals surface area contributed by atoms with Gasteiger partial charge in [-0.25, -0.2) is 9.78 Å². The van der Waals surface area contributed by atoms with Gasteiger partial charge in [0.25, 0.3) is 0 Å². The topological polar surface area (TPSA) is 52.1 Å². The SMILES string of the molecule is COC(=O)c1nc(-c2cccnc2)cs1. The van der Waals surface area contributed by atoms with Crippen molar-refractivity contribution in [2.75, 3.05) is 7.11 Å². The number of esters is 1. The molecule has 0 saturated heterocycles. The van der Waals surface area contributed by atoms with Crippen molar-refractivity contribution in [2.24, 2.45) is 0 Å². The summed E-state index contributed by atoms with van der Waals surface area (Å²) in [6.07, 6.45) is 3.40. The minimum atomic E-state index is -0.407. The van der Waals surface area contributed by atoms with E-state index in [1.807, 2.05) is 17.5 Å². The molecule has 0 N–H and O–H groups in total. The van der Waals surface area contributed by atoms with Crippen LogP contribution in [0, 0.1) is 0 Å². The van der Waals surface area contributed by atoms with Crippen LogP contribution in [0.1, 0.15) is 9.80 Å². The fourth-order valence-corrected chi connectivity index (χ4v) is 1.84. The van der Waals surface area contributed by atoms with E-state index in [1.165, 1.54) is 18.4 Å². The number of pyridine rings is 1. The van der Waals surface area contributed by atoms with Crippen molar-refractivity contribution in [3.05, 3.63) is 34.9 Å². The Hall–Kier alpha value is -1.75. The molecule has 2 heterocycles. The number of hydrogen-bond acceptors (Lipinski definition) is 5. The van der Waals surface area contributed by atoms with Crippen LogP contribution in [0.3, 0.4) is 0 Å². The van der Waals surface area contributed by atoms with Crippen LogP contribution in [0.2, 0.25) is 0 Å². The third-order valence-corrected chi connectivity index (χ3v) is 2.64. The van der Waals surface area contributed by atoms with Crippen molar-refractivity contribution in [3.63, 3.8) is 0 Å². The van der Waals surface area contributed by atoms with E-state index < -0.39 is 5.97 Å². The van der Waals surface area contributed by atoms with E-state index in [9.17, 15) is 4.79 Å². The Balaban J connectivity index is 2.32. The number of carbonyl (C=O) groups excluding carboxylic acids is 1. The van der Waals surface area contributed by atoms with E-state index in [0.29, 0.717) is 5.01 Å². The molecule has 76 valence electrons. The summed E-state index contributed by atoms with van der Waals surface area (Å²) >= 11 is 1.26. The Morgan fingerprint density at radius 1 is 1.53 bits per heavy atom. The van der Waals surface area contributed by atoms with Gasteiger partial charge >= 0.3 is 5.97 Å². The highest BCUT2D eigenvalue weighted by Crippen LogP contribution is 2.20. The summed E-state index contributed by atoms with van der Waals surface area (Å²) in [7, 11) is 1.34. The fourth-order valence-electron chi connectivity index (χ4n) is 1.10. The number of hydrogen-bond donors (Lipinski definition) is 0. The van der Waals surface area contributed by atoms with Crippen LogP contribution >= 0.6 is 11.3 Å². The maximum absolute atomic E-state index is 11.2. The van der Waals surface area contributed by atoms with E-state index >= 15 is 0 Å². The summed E-state index contributed by atoms with van der Waals surface area (Å²) in [6.45, 7) is 0. The van der Waals surface area contributed by atoms with Gasteiger partial charge in [-0.2, -0.15) is 0 Å². The highest BCUT2D eigenvalue weighted by atomic mass is 32.1. The van der Waals surface area contributed by atoms with E-state index in [2.05, 4.69) is 14.7 Å². The average Bonchev–Trinajstić information content (AvgIpc) is 2.78. The molecule has 0 fully saturated rings. The number of ether oxygens (including phenoxy) is 1. The molecule has 4 nitrogen and oxygen atoms in total. The van der Waals surface area contributed by atoms with Gasteiger partial charge in [0.15, 0.2) is 0 Å². The largest absolute Gasteiger partial charge is 0.464 e. The first-order valence-corrected chi connectivity index (χ1v) is 5.13. The molecule has 0 amide bonds. The molecule has 2 rings (SSSR count). The Kier molecular flexibility index (Phi) is 2.73. The van der Waals surface area contributed by atoms with Crippen LogP contribution in [0.5, 0.6) is 0 Å². The highest BCUT2D eigenvalue weighted by molar-refractivity contribution is 7.11. The van der Waals surface area contributed by atoms with Crippen LogP contribution in [0.4, 0.5) is 0 Å². The Morgan fingerprint density at radius 3 is 3.07 bits per heavy atom. The third-order valence-electron chi connectivity index (χ3n) is 1.82. The third kappa shape index (κ3) is 2.02. The lowest BCUT2D eigenvalue weighted by atomic mass is 10.2. The van der Waals surface area contributed by atoms with Crippen molar-refractivity contribution in [1.29, 1.82) is 0 Å². The predicted octanol–water partition coefficient (Wildman–Crippen LogP) is 1.99. The molecule has 0 aliphatic rings. The summed E-state index contributed by atoms with van der Waals surface area (Å²) in [6, 6.07) is 3.72. The molecule has 15 heavy (non-hydrogen) atoms. The molecule has 2 aromatic rings. The lowest BCUT2D eigenvalue weighted by molar-refractivity contribution is 0.0600. The first kappa shape index (κ1) is 9.79. The summed E-state index contributed by atoms with van der Waals surface area (Å²) in [5, 5.41) is 2.17. The van der Waals surface area contributed by atoms with Gasteiger partial charge in [0.05, 0.1) is 12.8 Å². The standard InChI is InChI=1S/C10H8N2O2S/c1-14-10(13)9-12-8(6-15-9)7-3-2-4-11-5-7/h2-6H,1H3. The summed E-state index contributed by atoms with van der Waals surface area (Å²) < 4.78 is 4.58. The second-order valence-corrected chi connectivity index (χ2v) is 3.63. The number of rotatable bonds is 2. The maximum Gasteiger partial charge on any atom is 0.367 e. The molecular formula is C10H8N2O2S. The maximum atomic E-state index is 11.2. The van der Waals surface area contributed by atoms with Gasteiger partial charge in [0.2, 0.25) is 5.01 Å². The van der Waals surface area contributed by atoms with Crippen LogP contribution in [0.25, 0.3) is 11.3 Å². The normalized spacial score (nSPS) is 9.93.